The topological polar surface area (TPSA) is 76.0 Å². The molecule has 6 heteroatoms. The predicted octanol–water partition coefficient (Wildman–Crippen LogP) is 2.38. The molecule has 0 radical (unpaired) electrons. The van der Waals surface area contributed by atoms with Crippen molar-refractivity contribution >= 4 is 28.5 Å². The van der Waals surface area contributed by atoms with Crippen LogP contribution in [0.1, 0.15) is 32.1 Å². The van der Waals surface area contributed by atoms with E-state index in [1.54, 1.807) is 12.1 Å². The quantitative estimate of drug-likeness (QED) is 0.761. The number of nitrogens with zero attached hydrogens (tertiary/aromatic N) is 2. The molecule has 0 fully saturated rings. The van der Waals surface area contributed by atoms with Gasteiger partial charge >= 0.3 is 0 Å². The molecule has 0 saturated heterocycles. The number of anilines is 1. The van der Waals surface area contributed by atoms with Gasteiger partial charge in [0.15, 0.2) is 0 Å². The molecule has 4 rings (SSSR count). The number of hydrogen-bond donors (Lipinski definition) is 2. The fourth-order valence-corrected chi connectivity index (χ4v) is 2.95. The van der Waals surface area contributed by atoms with Gasteiger partial charge in [0, 0.05) is 30.4 Å². The molecule has 2 N–H and O–H groups in total. The van der Waals surface area contributed by atoms with Crippen molar-refractivity contribution in [1.82, 2.24) is 14.9 Å². The molecule has 120 valence electrons. The SMILES string of the molecule is Cc1nc2ccc(C(=O)Nc3ccc4c(c3)C(=O)NC4)cc2n1C. The Bertz CT molecular complexity index is 1000. The zero-order valence-corrected chi connectivity index (χ0v) is 13.4. The van der Waals surface area contributed by atoms with Crippen molar-refractivity contribution in [1.29, 1.82) is 0 Å². The summed E-state index contributed by atoms with van der Waals surface area (Å²) in [4.78, 5) is 28.7. The van der Waals surface area contributed by atoms with Gasteiger partial charge in [0.05, 0.1) is 11.0 Å². The number of amides is 2. The maximum absolute atomic E-state index is 12.5. The molecule has 0 atom stereocenters. The maximum Gasteiger partial charge on any atom is 0.255 e. The highest BCUT2D eigenvalue weighted by Crippen LogP contribution is 2.21. The fraction of sp³-hybridized carbons (Fsp3) is 0.167. The number of imidazole rings is 1. The van der Waals surface area contributed by atoms with Crippen LogP contribution in [0.4, 0.5) is 5.69 Å². The minimum absolute atomic E-state index is 0.104. The second kappa shape index (κ2) is 5.19. The number of hydrogen-bond acceptors (Lipinski definition) is 3. The van der Waals surface area contributed by atoms with Crippen LogP contribution < -0.4 is 10.6 Å². The first-order chi connectivity index (χ1) is 11.5. The summed E-state index contributed by atoms with van der Waals surface area (Å²) in [6.45, 7) is 2.47. The van der Waals surface area contributed by atoms with Gasteiger partial charge in [-0.2, -0.15) is 0 Å². The molecular formula is C18H16N4O2. The van der Waals surface area contributed by atoms with Crippen LogP contribution in [0.3, 0.4) is 0 Å². The number of rotatable bonds is 2. The van der Waals surface area contributed by atoms with Crippen molar-refractivity contribution in [3.8, 4) is 0 Å². The number of fused-ring (bicyclic) bond motifs is 2. The van der Waals surface area contributed by atoms with E-state index in [9.17, 15) is 9.59 Å². The summed E-state index contributed by atoms with van der Waals surface area (Å²) in [5.41, 5.74) is 4.50. The lowest BCUT2D eigenvalue weighted by Crippen LogP contribution is -2.14. The van der Waals surface area contributed by atoms with Crippen LogP contribution in [0, 0.1) is 6.92 Å². The molecule has 2 amide bonds. The maximum atomic E-state index is 12.5. The first-order valence-electron chi connectivity index (χ1n) is 7.68. The molecule has 0 aliphatic carbocycles. The lowest BCUT2D eigenvalue weighted by molar-refractivity contribution is 0.0964. The third-order valence-corrected chi connectivity index (χ3v) is 4.42. The number of benzene rings is 2. The molecule has 2 heterocycles. The Morgan fingerprint density at radius 2 is 2.08 bits per heavy atom. The van der Waals surface area contributed by atoms with Crippen LogP contribution in [0.5, 0.6) is 0 Å². The van der Waals surface area contributed by atoms with Crippen molar-refractivity contribution in [3.63, 3.8) is 0 Å². The zero-order valence-electron chi connectivity index (χ0n) is 13.4. The molecule has 0 bridgehead atoms. The fourth-order valence-electron chi connectivity index (χ4n) is 2.95. The highest BCUT2D eigenvalue weighted by atomic mass is 16.2. The minimum Gasteiger partial charge on any atom is -0.348 e. The molecule has 0 saturated carbocycles. The molecule has 3 aromatic rings. The molecule has 0 unspecified atom stereocenters. The lowest BCUT2D eigenvalue weighted by atomic mass is 10.1. The van der Waals surface area contributed by atoms with Gasteiger partial charge in [-0.1, -0.05) is 6.07 Å². The lowest BCUT2D eigenvalue weighted by Gasteiger charge is -2.07. The van der Waals surface area contributed by atoms with Gasteiger partial charge in [-0.05, 0) is 42.8 Å². The molecule has 24 heavy (non-hydrogen) atoms. The molecule has 1 aliphatic heterocycles. The summed E-state index contributed by atoms with van der Waals surface area (Å²) < 4.78 is 1.95. The van der Waals surface area contributed by atoms with Crippen LogP contribution in [-0.4, -0.2) is 21.4 Å². The largest absolute Gasteiger partial charge is 0.348 e. The molecule has 6 nitrogen and oxygen atoms in total. The summed E-state index contributed by atoms with van der Waals surface area (Å²) >= 11 is 0. The van der Waals surface area contributed by atoms with Crippen molar-refractivity contribution in [2.75, 3.05) is 5.32 Å². The van der Waals surface area contributed by atoms with Gasteiger partial charge < -0.3 is 15.2 Å². The normalized spacial score (nSPS) is 13.0. The van der Waals surface area contributed by atoms with Crippen LogP contribution in [0.25, 0.3) is 11.0 Å². The van der Waals surface area contributed by atoms with Crippen LogP contribution >= 0.6 is 0 Å². The van der Waals surface area contributed by atoms with E-state index in [4.69, 9.17) is 0 Å². The highest BCUT2D eigenvalue weighted by Gasteiger charge is 2.19. The molecular weight excluding hydrogens is 304 g/mol. The summed E-state index contributed by atoms with van der Waals surface area (Å²) in [7, 11) is 1.92. The van der Waals surface area contributed by atoms with Crippen molar-refractivity contribution < 1.29 is 9.59 Å². The Kier molecular flexibility index (Phi) is 3.13. The van der Waals surface area contributed by atoms with Crippen LogP contribution in [0.2, 0.25) is 0 Å². The molecule has 0 spiro atoms. The van der Waals surface area contributed by atoms with Gasteiger partial charge in [0.25, 0.3) is 11.8 Å². The zero-order chi connectivity index (χ0) is 16.8. The van der Waals surface area contributed by atoms with Crippen LogP contribution in [-0.2, 0) is 13.6 Å². The second-order valence-electron chi connectivity index (χ2n) is 5.93. The monoisotopic (exact) mass is 320 g/mol. The minimum atomic E-state index is -0.214. The predicted molar refractivity (Wildman–Crippen MR) is 91.0 cm³/mol. The number of aromatic nitrogens is 2. The third kappa shape index (κ3) is 2.23. The first-order valence-corrected chi connectivity index (χ1v) is 7.68. The highest BCUT2D eigenvalue weighted by molar-refractivity contribution is 6.07. The summed E-state index contributed by atoms with van der Waals surface area (Å²) in [6, 6.07) is 10.8. The number of aryl methyl sites for hydroxylation is 2. The average molecular weight is 320 g/mol. The van der Waals surface area contributed by atoms with Crippen LogP contribution in [0.15, 0.2) is 36.4 Å². The molecule has 1 aromatic heterocycles. The molecule has 2 aromatic carbocycles. The van der Waals surface area contributed by atoms with E-state index in [2.05, 4.69) is 15.6 Å². The first kappa shape index (κ1) is 14.4. The van der Waals surface area contributed by atoms with E-state index in [0.717, 1.165) is 22.4 Å². The van der Waals surface area contributed by atoms with Gasteiger partial charge in [0.1, 0.15) is 5.82 Å². The average Bonchev–Trinajstić information content (AvgIpc) is 3.08. The Labute approximate surface area is 138 Å². The van der Waals surface area contributed by atoms with Crippen molar-refractivity contribution in [2.45, 2.75) is 13.5 Å². The number of carbonyl (C=O) groups excluding carboxylic acids is 2. The van der Waals surface area contributed by atoms with Crippen molar-refractivity contribution in [2.24, 2.45) is 7.05 Å². The Morgan fingerprint density at radius 3 is 2.92 bits per heavy atom. The number of carbonyl (C=O) groups is 2. The standard InChI is InChI=1S/C18H16N4O2/c1-10-20-15-6-4-11(7-16(15)22(10)2)17(23)21-13-5-3-12-9-19-18(24)14(12)8-13/h3-8H,9H2,1-2H3,(H,19,24)(H,21,23). The van der Waals surface area contributed by atoms with E-state index < -0.39 is 0 Å². The summed E-state index contributed by atoms with van der Waals surface area (Å²) in [6.07, 6.45) is 0. The van der Waals surface area contributed by atoms with E-state index in [-0.39, 0.29) is 11.8 Å². The number of nitrogens with one attached hydrogen (secondary N) is 2. The summed E-state index contributed by atoms with van der Waals surface area (Å²) in [5, 5.41) is 5.62. The molecule has 1 aliphatic rings. The van der Waals surface area contributed by atoms with Gasteiger partial charge in [-0.3, -0.25) is 9.59 Å². The third-order valence-electron chi connectivity index (χ3n) is 4.42. The van der Waals surface area contributed by atoms with E-state index >= 15 is 0 Å². The van der Waals surface area contributed by atoms with Crippen molar-refractivity contribution in [3.05, 3.63) is 58.9 Å². The Morgan fingerprint density at radius 1 is 1.25 bits per heavy atom. The second-order valence-corrected chi connectivity index (χ2v) is 5.93. The summed E-state index contributed by atoms with van der Waals surface area (Å²) in [5.74, 6) is 0.578. The van der Waals surface area contributed by atoms with E-state index in [1.807, 2.05) is 42.8 Å². The van der Waals surface area contributed by atoms with Gasteiger partial charge in [0.2, 0.25) is 0 Å². The van der Waals surface area contributed by atoms with E-state index in [1.165, 1.54) is 0 Å². The smallest absolute Gasteiger partial charge is 0.255 e. The van der Waals surface area contributed by atoms with E-state index in [0.29, 0.717) is 23.4 Å². The Balaban J connectivity index is 1.64. The Hall–Kier alpha value is -3.15. The van der Waals surface area contributed by atoms with Gasteiger partial charge in [-0.15, -0.1) is 0 Å². The van der Waals surface area contributed by atoms with Gasteiger partial charge in [-0.25, -0.2) is 4.98 Å².